The Bertz CT molecular complexity index is 1010. The number of rotatable bonds is 10. The first-order valence-corrected chi connectivity index (χ1v) is 13.6. The van der Waals surface area contributed by atoms with Gasteiger partial charge in [-0.05, 0) is 49.1 Å². The molecule has 0 saturated carbocycles. The van der Waals surface area contributed by atoms with E-state index in [1.165, 1.54) is 19.5 Å². The number of hydrogen-bond acceptors (Lipinski definition) is 7. The summed E-state index contributed by atoms with van der Waals surface area (Å²) in [7, 11) is 0. The van der Waals surface area contributed by atoms with E-state index in [-0.39, 0.29) is 0 Å². The van der Waals surface area contributed by atoms with E-state index in [1.807, 2.05) is 11.3 Å². The molecule has 4 aromatic rings. The van der Waals surface area contributed by atoms with Crippen molar-refractivity contribution in [3.8, 4) is 19.5 Å². The maximum Gasteiger partial charge on any atom is 0.109 e. The highest BCUT2D eigenvalue weighted by molar-refractivity contribution is 7.27. The molecule has 31 heavy (non-hydrogen) atoms. The summed E-state index contributed by atoms with van der Waals surface area (Å²) in [4.78, 5) is 20.5. The Hall–Kier alpha value is -1.64. The average molecular weight is 471 g/mol. The third-order valence-corrected chi connectivity index (χ3v) is 8.98. The van der Waals surface area contributed by atoms with Gasteiger partial charge in [-0.1, -0.05) is 39.8 Å². The highest BCUT2D eigenvalue weighted by atomic mass is 32.1. The fourth-order valence-corrected chi connectivity index (χ4v) is 6.63. The lowest BCUT2D eigenvalue weighted by Crippen LogP contribution is -2.27. The van der Waals surface area contributed by atoms with Crippen LogP contribution in [0.15, 0.2) is 35.0 Å². The summed E-state index contributed by atoms with van der Waals surface area (Å²) in [5.41, 5.74) is 4.36. The van der Waals surface area contributed by atoms with Crippen LogP contribution in [0.4, 0.5) is 0 Å². The van der Waals surface area contributed by atoms with Gasteiger partial charge >= 0.3 is 0 Å². The number of thiophene rings is 3. The normalized spacial score (nSPS) is 11.9. The smallest absolute Gasteiger partial charge is 0.109 e. The summed E-state index contributed by atoms with van der Waals surface area (Å²) >= 11 is 5.39. The first-order valence-electron chi connectivity index (χ1n) is 11.0. The molecule has 0 aliphatic rings. The van der Waals surface area contributed by atoms with Crippen molar-refractivity contribution < 1.29 is 0 Å². The van der Waals surface area contributed by atoms with Crippen molar-refractivity contribution in [2.45, 2.75) is 40.8 Å². The van der Waals surface area contributed by atoms with Crippen LogP contribution in [0.2, 0.25) is 0 Å². The van der Waals surface area contributed by atoms with E-state index in [9.17, 15) is 0 Å². The predicted molar refractivity (Wildman–Crippen MR) is 137 cm³/mol. The van der Waals surface area contributed by atoms with Gasteiger partial charge in [-0.25, -0.2) is 9.97 Å². The van der Waals surface area contributed by atoms with Crippen LogP contribution >= 0.6 is 34.0 Å². The summed E-state index contributed by atoms with van der Waals surface area (Å²) in [6.45, 7) is 14.6. The highest BCUT2D eigenvalue weighted by Crippen LogP contribution is 2.45. The largest absolute Gasteiger partial charge is 0.298 e. The summed E-state index contributed by atoms with van der Waals surface area (Å²) in [5, 5.41) is 4.29. The van der Waals surface area contributed by atoms with Crippen LogP contribution in [-0.2, 0) is 13.1 Å². The van der Waals surface area contributed by atoms with Gasteiger partial charge in [0.05, 0.1) is 21.1 Å². The molecule has 0 aliphatic heterocycles. The van der Waals surface area contributed by atoms with E-state index in [2.05, 4.69) is 72.5 Å². The van der Waals surface area contributed by atoms with Gasteiger partial charge in [0, 0.05) is 22.8 Å². The van der Waals surface area contributed by atoms with Crippen LogP contribution < -0.4 is 0 Å². The fourth-order valence-electron chi connectivity index (χ4n) is 3.74. The lowest BCUT2D eigenvalue weighted by atomic mass is 10.2. The number of hydrogen-bond donors (Lipinski definition) is 0. The minimum absolute atomic E-state index is 0.848. The molecular weight excluding hydrogens is 440 g/mol. The van der Waals surface area contributed by atoms with Crippen LogP contribution in [0, 0.1) is 0 Å². The van der Waals surface area contributed by atoms with Crippen LogP contribution in [0.25, 0.3) is 30.5 Å². The molecular formula is C24H30N4S3. The Morgan fingerprint density at radius 3 is 1.42 bits per heavy atom. The Morgan fingerprint density at radius 1 is 0.677 bits per heavy atom. The molecule has 0 saturated heterocycles. The second-order valence-electron chi connectivity index (χ2n) is 7.45. The van der Waals surface area contributed by atoms with Crippen molar-refractivity contribution in [2.24, 2.45) is 0 Å². The standard InChI is InChI=1S/C24H30N4S3/c1-5-27(6-2)15-17-18(16-28(7-3)8-4)26-22-21(25-17)23(19-11-9-13-29-19)31-24(22)20-12-10-14-30-20/h9-14H,5-8,15-16H2,1-4H3. The van der Waals surface area contributed by atoms with Gasteiger partial charge in [0.25, 0.3) is 0 Å². The minimum atomic E-state index is 0.848. The maximum absolute atomic E-state index is 5.31. The Morgan fingerprint density at radius 2 is 1.10 bits per heavy atom. The SMILES string of the molecule is CCN(CC)Cc1nc2c(-c3cccs3)sc(-c3cccs3)c2nc1CN(CC)CC. The number of fused-ring (bicyclic) bond motifs is 1. The molecule has 4 nitrogen and oxygen atoms in total. The number of nitrogens with zero attached hydrogens (tertiary/aromatic N) is 4. The predicted octanol–water partition coefficient (Wildman–Crippen LogP) is 6.83. The third-order valence-electron chi connectivity index (χ3n) is 5.71. The van der Waals surface area contributed by atoms with Gasteiger partial charge in [0.2, 0.25) is 0 Å². The number of aromatic nitrogens is 2. The zero-order valence-corrected chi connectivity index (χ0v) is 21.2. The van der Waals surface area contributed by atoms with E-state index in [0.717, 1.165) is 61.7 Å². The molecule has 0 aliphatic carbocycles. The summed E-state index contributed by atoms with van der Waals surface area (Å²) in [6, 6.07) is 8.64. The van der Waals surface area contributed by atoms with Gasteiger partial charge < -0.3 is 0 Å². The molecule has 0 fully saturated rings. The zero-order chi connectivity index (χ0) is 21.8. The van der Waals surface area contributed by atoms with Crippen LogP contribution in [0.3, 0.4) is 0 Å². The molecule has 7 heteroatoms. The molecule has 0 N–H and O–H groups in total. The molecule has 0 atom stereocenters. The first-order chi connectivity index (χ1) is 15.2. The van der Waals surface area contributed by atoms with E-state index < -0.39 is 0 Å². The Balaban J connectivity index is 1.92. The Labute approximate surface area is 197 Å². The lowest BCUT2D eigenvalue weighted by molar-refractivity contribution is 0.274. The molecule has 4 rings (SSSR count). The molecule has 4 aromatic heterocycles. The third kappa shape index (κ3) is 4.76. The first kappa shape index (κ1) is 22.6. The second kappa shape index (κ2) is 10.3. The van der Waals surface area contributed by atoms with Crippen molar-refractivity contribution in [3.05, 3.63) is 46.4 Å². The minimum Gasteiger partial charge on any atom is -0.298 e. The monoisotopic (exact) mass is 470 g/mol. The van der Waals surface area contributed by atoms with Crippen molar-refractivity contribution >= 4 is 45.0 Å². The molecule has 0 spiro atoms. The Kier molecular flexibility index (Phi) is 7.51. The van der Waals surface area contributed by atoms with Crippen LogP contribution in [0.5, 0.6) is 0 Å². The highest BCUT2D eigenvalue weighted by Gasteiger charge is 2.22. The van der Waals surface area contributed by atoms with Crippen molar-refractivity contribution in [1.82, 2.24) is 19.8 Å². The molecule has 0 bridgehead atoms. The summed E-state index contributed by atoms with van der Waals surface area (Å²) < 4.78 is 0. The van der Waals surface area contributed by atoms with Crippen molar-refractivity contribution in [1.29, 1.82) is 0 Å². The molecule has 0 aromatic carbocycles. The van der Waals surface area contributed by atoms with E-state index in [1.54, 1.807) is 22.7 Å². The molecule has 0 amide bonds. The molecule has 164 valence electrons. The summed E-state index contributed by atoms with van der Waals surface area (Å²) in [6.07, 6.45) is 0. The molecule has 0 unspecified atom stereocenters. The topological polar surface area (TPSA) is 32.3 Å². The van der Waals surface area contributed by atoms with Crippen molar-refractivity contribution in [2.75, 3.05) is 26.2 Å². The van der Waals surface area contributed by atoms with Crippen LogP contribution in [-0.4, -0.2) is 45.9 Å². The quantitative estimate of drug-likeness (QED) is 0.254. The van der Waals surface area contributed by atoms with Crippen LogP contribution in [0.1, 0.15) is 39.1 Å². The lowest BCUT2D eigenvalue weighted by Gasteiger charge is -2.22. The van der Waals surface area contributed by atoms with Gasteiger partial charge in [-0.3, -0.25) is 9.80 Å². The zero-order valence-electron chi connectivity index (χ0n) is 18.7. The fraction of sp³-hybridized carbons (Fsp3) is 0.417. The van der Waals surface area contributed by atoms with E-state index in [0.29, 0.717) is 0 Å². The summed E-state index contributed by atoms with van der Waals surface area (Å²) in [5.74, 6) is 0. The average Bonchev–Trinajstić information content (AvgIpc) is 3.56. The maximum atomic E-state index is 5.31. The van der Waals surface area contributed by atoms with E-state index in [4.69, 9.17) is 9.97 Å². The molecule has 4 heterocycles. The van der Waals surface area contributed by atoms with Gasteiger partial charge in [-0.2, -0.15) is 0 Å². The van der Waals surface area contributed by atoms with Gasteiger partial charge in [0.15, 0.2) is 0 Å². The second-order valence-corrected chi connectivity index (χ2v) is 10.4. The van der Waals surface area contributed by atoms with Gasteiger partial charge in [-0.15, -0.1) is 34.0 Å². The molecule has 0 radical (unpaired) electrons. The van der Waals surface area contributed by atoms with Gasteiger partial charge in [0.1, 0.15) is 11.0 Å². The van der Waals surface area contributed by atoms with Crippen molar-refractivity contribution in [3.63, 3.8) is 0 Å². The van der Waals surface area contributed by atoms with E-state index >= 15 is 0 Å².